The normalized spacial score (nSPS) is 13.0. The molecule has 1 rings (SSSR count). The fraction of sp³-hybridized carbons (Fsp3) is 0.500. The van der Waals surface area contributed by atoms with E-state index in [4.69, 9.17) is 15.0 Å². The highest BCUT2D eigenvalue weighted by molar-refractivity contribution is 6.20. The van der Waals surface area contributed by atoms with Crippen molar-refractivity contribution in [2.45, 2.75) is 52.7 Å². The zero-order valence-corrected chi connectivity index (χ0v) is 13.0. The van der Waals surface area contributed by atoms with E-state index in [1.807, 2.05) is 26.0 Å². The van der Waals surface area contributed by atoms with E-state index in [9.17, 15) is 4.79 Å². The maximum atomic E-state index is 11.1. The summed E-state index contributed by atoms with van der Waals surface area (Å²) in [4.78, 5) is 13.8. The Kier molecular flexibility index (Phi) is 6.63. The summed E-state index contributed by atoms with van der Waals surface area (Å²) < 4.78 is 10.9. The summed E-state index contributed by atoms with van der Waals surface area (Å²) in [6.07, 6.45) is 1.84. The predicted octanol–water partition coefficient (Wildman–Crippen LogP) is 2.95. The molecule has 5 heteroatoms. The summed E-state index contributed by atoms with van der Waals surface area (Å²) in [7, 11) is 0. The summed E-state index contributed by atoms with van der Waals surface area (Å²) in [5.74, 6) is 0.163. The van der Waals surface area contributed by atoms with Crippen molar-refractivity contribution in [2.24, 2.45) is 0 Å². The van der Waals surface area contributed by atoms with Crippen LogP contribution in [0, 0.1) is 6.92 Å². The first-order chi connectivity index (χ1) is 9.94. The number of esters is 1. The molecule has 0 bridgehead atoms. The second-order valence-corrected chi connectivity index (χ2v) is 5.16. The molecule has 1 aromatic rings. The second-order valence-electron chi connectivity index (χ2n) is 5.16. The van der Waals surface area contributed by atoms with Crippen molar-refractivity contribution in [3.8, 4) is 5.75 Å². The summed E-state index contributed by atoms with van der Waals surface area (Å²) in [5.41, 5.74) is 10.6. The van der Waals surface area contributed by atoms with Crippen LogP contribution in [0.2, 0.25) is 0 Å². The number of rotatable bonds is 7. The summed E-state index contributed by atoms with van der Waals surface area (Å²) in [5, 5.41) is 0. The van der Waals surface area contributed by atoms with Gasteiger partial charge in [0.2, 0.25) is 0 Å². The highest BCUT2D eigenvalue weighted by atomic mass is 16.5. The predicted molar refractivity (Wildman–Crippen MR) is 80.5 cm³/mol. The second kappa shape index (κ2) is 8.22. The summed E-state index contributed by atoms with van der Waals surface area (Å²) in [6.45, 7) is 7.84. The Morgan fingerprint density at radius 2 is 2.05 bits per heavy atom. The molecule has 0 unspecified atom stereocenters. The van der Waals surface area contributed by atoms with Crippen LogP contribution in [0.25, 0.3) is 5.53 Å². The van der Waals surface area contributed by atoms with Crippen LogP contribution in [0.15, 0.2) is 18.2 Å². The van der Waals surface area contributed by atoms with Gasteiger partial charge in [-0.3, -0.25) is 0 Å². The molecule has 0 saturated carbocycles. The minimum atomic E-state index is -0.666. The number of hydrogen-bond donors (Lipinski definition) is 0. The molecule has 0 aliphatic carbocycles. The van der Waals surface area contributed by atoms with Crippen LogP contribution < -0.4 is 4.74 Å². The fourth-order valence-electron chi connectivity index (χ4n) is 2.17. The highest BCUT2D eigenvalue weighted by Crippen LogP contribution is 2.20. The minimum absolute atomic E-state index is 0.0922. The molecule has 5 nitrogen and oxygen atoms in total. The SMILES string of the molecule is CCc1cc(C)cc(O[C@@H](C)C[C@@H](C)OC(=O)C=[N+]=[N-])c1. The molecule has 0 saturated heterocycles. The molecule has 0 heterocycles. The first kappa shape index (κ1) is 16.9. The number of benzene rings is 1. The van der Waals surface area contributed by atoms with Crippen molar-refractivity contribution in [1.29, 1.82) is 0 Å². The Bertz CT molecular complexity index is 536. The van der Waals surface area contributed by atoms with E-state index in [-0.39, 0.29) is 12.2 Å². The van der Waals surface area contributed by atoms with Gasteiger partial charge in [0.1, 0.15) is 11.9 Å². The molecule has 114 valence electrons. The number of ether oxygens (including phenoxy) is 2. The number of aryl methyl sites for hydroxylation is 2. The molecule has 1 aromatic carbocycles. The third-order valence-corrected chi connectivity index (χ3v) is 3.00. The third-order valence-electron chi connectivity index (χ3n) is 3.00. The van der Waals surface area contributed by atoms with Crippen LogP contribution in [0.1, 0.15) is 38.3 Å². The number of carbonyl (C=O) groups is 1. The van der Waals surface area contributed by atoms with Gasteiger partial charge in [0.25, 0.3) is 0 Å². The van der Waals surface area contributed by atoms with Gasteiger partial charge in [0.05, 0.1) is 6.10 Å². The lowest BCUT2D eigenvalue weighted by Crippen LogP contribution is -2.23. The monoisotopic (exact) mass is 290 g/mol. The van der Waals surface area contributed by atoms with Crippen LogP contribution in [-0.4, -0.2) is 29.2 Å². The Balaban J connectivity index is 2.56. The lowest BCUT2D eigenvalue weighted by molar-refractivity contribution is -0.144. The van der Waals surface area contributed by atoms with Gasteiger partial charge in [0, 0.05) is 6.42 Å². The van der Waals surface area contributed by atoms with E-state index < -0.39 is 5.97 Å². The maximum Gasteiger partial charge on any atom is 0.413 e. The largest absolute Gasteiger partial charge is 0.491 e. The van der Waals surface area contributed by atoms with E-state index in [0.29, 0.717) is 6.42 Å². The van der Waals surface area contributed by atoms with Crippen molar-refractivity contribution >= 4 is 12.2 Å². The van der Waals surface area contributed by atoms with Crippen LogP contribution in [-0.2, 0) is 16.0 Å². The standard InChI is InChI=1S/C16H22N2O3/c1-5-14-6-11(2)7-15(9-14)20-12(3)8-13(4)21-16(19)10-18-17/h6-7,9-10,12-13H,5,8H2,1-4H3/t12-,13+/m0/s1. The summed E-state index contributed by atoms with van der Waals surface area (Å²) in [6, 6.07) is 6.15. The number of hydrogen-bond acceptors (Lipinski definition) is 3. The first-order valence-electron chi connectivity index (χ1n) is 7.09. The van der Waals surface area contributed by atoms with Crippen molar-refractivity contribution in [3.05, 3.63) is 34.9 Å². The lowest BCUT2D eigenvalue weighted by Gasteiger charge is -2.19. The maximum absolute atomic E-state index is 11.1. The van der Waals surface area contributed by atoms with Gasteiger partial charge in [-0.25, -0.2) is 4.79 Å². The molecule has 0 radical (unpaired) electrons. The van der Waals surface area contributed by atoms with Crippen molar-refractivity contribution in [2.75, 3.05) is 0 Å². The molecule has 0 aromatic heterocycles. The summed E-state index contributed by atoms with van der Waals surface area (Å²) >= 11 is 0. The van der Waals surface area contributed by atoms with Gasteiger partial charge in [-0.15, -0.1) is 0 Å². The van der Waals surface area contributed by atoms with E-state index >= 15 is 0 Å². The van der Waals surface area contributed by atoms with E-state index in [0.717, 1.165) is 23.9 Å². The van der Waals surface area contributed by atoms with Gasteiger partial charge < -0.3 is 15.0 Å². The van der Waals surface area contributed by atoms with Gasteiger partial charge in [-0.1, -0.05) is 13.0 Å². The van der Waals surface area contributed by atoms with Crippen LogP contribution in [0.3, 0.4) is 0 Å². The van der Waals surface area contributed by atoms with Crippen LogP contribution in [0.5, 0.6) is 5.75 Å². The average molecular weight is 290 g/mol. The molecule has 2 atom stereocenters. The van der Waals surface area contributed by atoms with Crippen molar-refractivity contribution in [3.63, 3.8) is 0 Å². The smallest absolute Gasteiger partial charge is 0.413 e. The Morgan fingerprint density at radius 1 is 1.33 bits per heavy atom. The van der Waals surface area contributed by atoms with Crippen molar-refractivity contribution in [1.82, 2.24) is 0 Å². The van der Waals surface area contributed by atoms with Gasteiger partial charge in [0.15, 0.2) is 0 Å². The molecule has 0 spiro atoms. The zero-order valence-electron chi connectivity index (χ0n) is 13.0. The van der Waals surface area contributed by atoms with Gasteiger partial charge >= 0.3 is 12.2 Å². The van der Waals surface area contributed by atoms with Gasteiger partial charge in [-0.05, 0) is 50.5 Å². The van der Waals surface area contributed by atoms with Gasteiger partial charge in [-0.2, -0.15) is 4.79 Å². The number of carbonyl (C=O) groups excluding carboxylic acids is 1. The lowest BCUT2D eigenvalue weighted by atomic mass is 10.1. The molecule has 0 fully saturated rings. The Hall–Kier alpha value is -2.13. The van der Waals surface area contributed by atoms with E-state index in [1.165, 1.54) is 5.56 Å². The topological polar surface area (TPSA) is 71.9 Å². The average Bonchev–Trinajstić information content (AvgIpc) is 2.37. The molecule has 0 amide bonds. The molecule has 0 aliphatic heterocycles. The Morgan fingerprint density at radius 3 is 2.67 bits per heavy atom. The van der Waals surface area contributed by atoms with Crippen LogP contribution >= 0.6 is 0 Å². The molecule has 0 aliphatic rings. The Labute approximate surface area is 125 Å². The number of nitrogens with zero attached hydrogens (tertiary/aromatic N) is 2. The molecule has 21 heavy (non-hydrogen) atoms. The van der Waals surface area contributed by atoms with Crippen LogP contribution in [0.4, 0.5) is 0 Å². The minimum Gasteiger partial charge on any atom is -0.491 e. The molecular formula is C16H22N2O3. The van der Waals surface area contributed by atoms with Crippen molar-refractivity contribution < 1.29 is 19.1 Å². The zero-order chi connectivity index (χ0) is 15.8. The third kappa shape index (κ3) is 6.23. The first-order valence-corrected chi connectivity index (χ1v) is 7.09. The molecular weight excluding hydrogens is 268 g/mol. The van der Waals surface area contributed by atoms with E-state index in [2.05, 4.69) is 17.8 Å². The quantitative estimate of drug-likeness (QED) is 0.335. The van der Waals surface area contributed by atoms with E-state index in [1.54, 1.807) is 6.92 Å². The molecule has 0 N–H and O–H groups in total. The fourth-order valence-corrected chi connectivity index (χ4v) is 2.17. The highest BCUT2D eigenvalue weighted by Gasteiger charge is 2.15.